The molecule has 0 fully saturated rings. The molecular formula is C16H13N5. The summed E-state index contributed by atoms with van der Waals surface area (Å²) in [6.07, 6.45) is 5.23. The molecule has 1 aromatic carbocycles. The van der Waals surface area contributed by atoms with Crippen molar-refractivity contribution >= 4 is 5.82 Å². The molecule has 0 atom stereocenters. The number of hydrogen-bond acceptors (Lipinski definition) is 4. The number of nitrogens with one attached hydrogen (secondary N) is 1. The van der Waals surface area contributed by atoms with Gasteiger partial charge in [-0.1, -0.05) is 18.2 Å². The van der Waals surface area contributed by atoms with E-state index in [1.807, 2.05) is 41.2 Å². The van der Waals surface area contributed by atoms with E-state index in [1.165, 1.54) is 0 Å². The summed E-state index contributed by atoms with van der Waals surface area (Å²) in [5, 5.41) is 16.3. The smallest absolute Gasteiger partial charge is 0.126 e. The summed E-state index contributed by atoms with van der Waals surface area (Å²) in [7, 11) is 0. The van der Waals surface area contributed by atoms with Crippen LogP contribution in [-0.4, -0.2) is 14.8 Å². The number of pyridine rings is 1. The number of hydrogen-bond donors (Lipinski definition) is 1. The Balaban J connectivity index is 1.78. The van der Waals surface area contributed by atoms with Crippen LogP contribution in [0.2, 0.25) is 0 Å². The molecule has 2 heterocycles. The van der Waals surface area contributed by atoms with Gasteiger partial charge in [-0.05, 0) is 29.8 Å². The van der Waals surface area contributed by atoms with Crippen LogP contribution in [0.5, 0.6) is 0 Å². The van der Waals surface area contributed by atoms with E-state index in [9.17, 15) is 0 Å². The standard InChI is InChI=1S/C16H13N5/c17-10-13-6-7-16(18-11-13)19-12-14-4-1-2-5-15(14)21-9-3-8-20-21/h1-9,11H,12H2,(H,18,19). The van der Waals surface area contributed by atoms with E-state index in [0.717, 1.165) is 17.1 Å². The Morgan fingerprint density at radius 2 is 2.05 bits per heavy atom. The van der Waals surface area contributed by atoms with Gasteiger partial charge in [0, 0.05) is 25.1 Å². The van der Waals surface area contributed by atoms with Crippen LogP contribution in [-0.2, 0) is 6.54 Å². The van der Waals surface area contributed by atoms with Crippen molar-refractivity contribution in [1.82, 2.24) is 14.8 Å². The maximum Gasteiger partial charge on any atom is 0.126 e. The molecule has 3 rings (SSSR count). The Labute approximate surface area is 122 Å². The third kappa shape index (κ3) is 2.90. The van der Waals surface area contributed by atoms with Gasteiger partial charge < -0.3 is 5.32 Å². The molecule has 102 valence electrons. The molecule has 0 aliphatic heterocycles. The molecule has 0 unspecified atom stereocenters. The third-order valence-electron chi connectivity index (χ3n) is 3.10. The fourth-order valence-corrected chi connectivity index (χ4v) is 2.05. The lowest BCUT2D eigenvalue weighted by molar-refractivity contribution is 0.863. The van der Waals surface area contributed by atoms with Gasteiger partial charge in [0.25, 0.3) is 0 Å². The average molecular weight is 275 g/mol. The first kappa shape index (κ1) is 12.9. The topological polar surface area (TPSA) is 66.5 Å². The normalized spacial score (nSPS) is 10.0. The van der Waals surface area contributed by atoms with Gasteiger partial charge in [-0.25, -0.2) is 9.67 Å². The summed E-state index contributed by atoms with van der Waals surface area (Å²) < 4.78 is 1.84. The van der Waals surface area contributed by atoms with Gasteiger partial charge in [-0.3, -0.25) is 0 Å². The summed E-state index contributed by atoms with van der Waals surface area (Å²) in [4.78, 5) is 4.20. The predicted molar refractivity (Wildman–Crippen MR) is 79.8 cm³/mol. The Morgan fingerprint density at radius 1 is 1.14 bits per heavy atom. The van der Waals surface area contributed by atoms with Gasteiger partial charge >= 0.3 is 0 Å². The molecule has 0 aliphatic rings. The van der Waals surface area contributed by atoms with E-state index in [1.54, 1.807) is 24.5 Å². The molecule has 1 N–H and O–H groups in total. The van der Waals surface area contributed by atoms with E-state index >= 15 is 0 Å². The zero-order chi connectivity index (χ0) is 14.5. The molecule has 0 saturated heterocycles. The molecule has 0 bridgehead atoms. The molecule has 3 aromatic rings. The highest BCUT2D eigenvalue weighted by Gasteiger charge is 2.04. The highest BCUT2D eigenvalue weighted by atomic mass is 15.3. The van der Waals surface area contributed by atoms with Gasteiger partial charge in [0.15, 0.2) is 0 Å². The third-order valence-corrected chi connectivity index (χ3v) is 3.10. The molecule has 0 saturated carbocycles. The Bertz CT molecular complexity index is 754. The minimum absolute atomic E-state index is 0.553. The first-order chi connectivity index (χ1) is 10.4. The van der Waals surface area contributed by atoms with Crippen molar-refractivity contribution < 1.29 is 0 Å². The van der Waals surface area contributed by atoms with Crippen LogP contribution >= 0.6 is 0 Å². The van der Waals surface area contributed by atoms with Crippen molar-refractivity contribution in [3.05, 3.63) is 72.2 Å². The minimum Gasteiger partial charge on any atom is -0.366 e. The van der Waals surface area contributed by atoms with Crippen molar-refractivity contribution in [3.63, 3.8) is 0 Å². The van der Waals surface area contributed by atoms with E-state index in [0.29, 0.717) is 12.1 Å². The number of anilines is 1. The molecule has 0 aliphatic carbocycles. The van der Waals surface area contributed by atoms with Crippen LogP contribution in [0, 0.1) is 11.3 Å². The minimum atomic E-state index is 0.553. The summed E-state index contributed by atoms with van der Waals surface area (Å²) in [6.45, 7) is 0.634. The average Bonchev–Trinajstić information content (AvgIpc) is 3.08. The lowest BCUT2D eigenvalue weighted by Gasteiger charge is -2.11. The van der Waals surface area contributed by atoms with Crippen LogP contribution in [0.1, 0.15) is 11.1 Å². The second-order valence-electron chi connectivity index (χ2n) is 4.48. The summed E-state index contributed by atoms with van der Waals surface area (Å²) in [5.41, 5.74) is 2.70. The molecule has 0 radical (unpaired) electrons. The summed E-state index contributed by atoms with van der Waals surface area (Å²) in [6, 6.07) is 15.6. The number of nitriles is 1. The number of para-hydroxylation sites is 1. The zero-order valence-corrected chi connectivity index (χ0v) is 11.3. The predicted octanol–water partition coefficient (Wildman–Crippen LogP) is 2.75. The molecule has 5 heteroatoms. The summed E-state index contributed by atoms with van der Waals surface area (Å²) in [5.74, 6) is 0.740. The molecule has 0 spiro atoms. The number of benzene rings is 1. The maximum absolute atomic E-state index is 8.76. The van der Waals surface area contributed by atoms with Gasteiger partial charge in [0.1, 0.15) is 11.9 Å². The van der Waals surface area contributed by atoms with Crippen molar-refractivity contribution in [1.29, 1.82) is 5.26 Å². The largest absolute Gasteiger partial charge is 0.366 e. The maximum atomic E-state index is 8.76. The van der Waals surface area contributed by atoms with E-state index in [2.05, 4.69) is 21.5 Å². The number of rotatable bonds is 4. The monoisotopic (exact) mass is 275 g/mol. The van der Waals surface area contributed by atoms with Crippen LogP contribution in [0.25, 0.3) is 5.69 Å². The van der Waals surface area contributed by atoms with Crippen molar-refractivity contribution in [2.45, 2.75) is 6.54 Å². The van der Waals surface area contributed by atoms with Crippen LogP contribution in [0.15, 0.2) is 61.1 Å². The quantitative estimate of drug-likeness (QED) is 0.795. The van der Waals surface area contributed by atoms with Crippen LogP contribution in [0.3, 0.4) is 0 Å². The fraction of sp³-hybridized carbons (Fsp3) is 0.0625. The van der Waals surface area contributed by atoms with E-state index < -0.39 is 0 Å². The number of nitrogens with zero attached hydrogens (tertiary/aromatic N) is 4. The molecular weight excluding hydrogens is 262 g/mol. The van der Waals surface area contributed by atoms with Crippen LogP contribution in [0.4, 0.5) is 5.82 Å². The first-order valence-electron chi connectivity index (χ1n) is 6.55. The zero-order valence-electron chi connectivity index (χ0n) is 11.3. The fourth-order valence-electron chi connectivity index (χ4n) is 2.05. The van der Waals surface area contributed by atoms with Gasteiger partial charge in [-0.2, -0.15) is 10.4 Å². The number of aromatic nitrogens is 3. The van der Waals surface area contributed by atoms with Gasteiger partial charge in [0.2, 0.25) is 0 Å². The van der Waals surface area contributed by atoms with Gasteiger partial charge in [0.05, 0.1) is 11.3 Å². The Kier molecular flexibility index (Phi) is 3.61. The van der Waals surface area contributed by atoms with E-state index in [4.69, 9.17) is 5.26 Å². The highest BCUT2D eigenvalue weighted by molar-refractivity contribution is 5.44. The van der Waals surface area contributed by atoms with Crippen molar-refractivity contribution in [3.8, 4) is 11.8 Å². The Hall–Kier alpha value is -3.13. The summed E-state index contributed by atoms with van der Waals surface area (Å²) >= 11 is 0. The lowest BCUT2D eigenvalue weighted by atomic mass is 10.2. The molecule has 2 aromatic heterocycles. The van der Waals surface area contributed by atoms with Gasteiger partial charge in [-0.15, -0.1) is 0 Å². The molecule has 21 heavy (non-hydrogen) atoms. The van der Waals surface area contributed by atoms with Crippen molar-refractivity contribution in [2.24, 2.45) is 0 Å². The second kappa shape index (κ2) is 5.88. The van der Waals surface area contributed by atoms with E-state index in [-0.39, 0.29) is 0 Å². The molecule has 0 amide bonds. The molecule has 5 nitrogen and oxygen atoms in total. The highest BCUT2D eigenvalue weighted by Crippen LogP contribution is 2.15. The second-order valence-corrected chi connectivity index (χ2v) is 4.48. The van der Waals surface area contributed by atoms with Crippen molar-refractivity contribution in [2.75, 3.05) is 5.32 Å². The lowest BCUT2D eigenvalue weighted by Crippen LogP contribution is -2.06. The Morgan fingerprint density at radius 3 is 2.76 bits per heavy atom. The SMILES string of the molecule is N#Cc1ccc(NCc2ccccc2-n2cccn2)nc1. The first-order valence-corrected chi connectivity index (χ1v) is 6.55. The van der Waals surface area contributed by atoms with Crippen LogP contribution < -0.4 is 5.32 Å².